The van der Waals surface area contributed by atoms with Crippen LogP contribution in [0.15, 0.2) is 96.1 Å². The Hall–Kier alpha value is -2.17. The topological polar surface area (TPSA) is 0 Å². The second-order valence-electron chi connectivity index (χ2n) is 19.1. The van der Waals surface area contributed by atoms with E-state index in [1.807, 2.05) is 0 Å². The van der Waals surface area contributed by atoms with Gasteiger partial charge in [0.15, 0.2) is 0 Å². The van der Waals surface area contributed by atoms with Gasteiger partial charge in [0, 0.05) is 0 Å². The van der Waals surface area contributed by atoms with Crippen LogP contribution in [0.1, 0.15) is 137 Å². The van der Waals surface area contributed by atoms with E-state index in [1.54, 1.807) is 0 Å². The Balaban J connectivity index is 1.36. The number of hydrogen-bond donors (Lipinski definition) is 0. The molecular weight excluding hydrogens is 872 g/mol. The average molecular weight is 934 g/mol. The number of aryl methyl sites for hydroxylation is 2. The first kappa shape index (κ1) is 43.5. The molecule has 4 aliphatic carbocycles. The standard InChI is InChI=1S/2C24H27.C4H8F3Si.2ClH.Zr/c2*1-18-11-13-21(14-12-18)23-10-6-9-22-16-20(17-24(22)23)15-19-7-4-2-3-5-8-19;1-8-3-2-4(5,6)7;;;/h2*6,9-14,16-17,19H,2-5,7-8,15H2,1H3;8H,2-3H2,1H3;2*1H;/q;;;;;+2/p-2. The number of fused-ring (bicyclic) bond motifs is 2. The molecule has 4 aliphatic rings. The monoisotopic (exact) mass is 931 g/mol. The summed E-state index contributed by atoms with van der Waals surface area (Å²) in [7, 11) is 18.1. The normalized spacial score (nSPS) is 21.7. The van der Waals surface area contributed by atoms with Gasteiger partial charge in [0.2, 0.25) is 0 Å². The predicted octanol–water partition coefficient (Wildman–Crippen LogP) is 17.2. The van der Waals surface area contributed by atoms with Crippen LogP contribution in [0.4, 0.5) is 13.2 Å². The van der Waals surface area contributed by atoms with Crippen LogP contribution in [0, 0.1) is 25.7 Å². The number of benzene rings is 4. The molecule has 4 aromatic rings. The molecule has 0 aromatic heterocycles. The molecule has 0 heterocycles. The number of alkyl halides is 3. The van der Waals surface area contributed by atoms with Gasteiger partial charge >= 0.3 is 364 Å². The Bertz CT molecular complexity index is 2030. The molecular formula is C52H62Cl2F3SiZr. The van der Waals surface area contributed by atoms with E-state index in [0.717, 1.165) is 24.0 Å². The molecule has 59 heavy (non-hydrogen) atoms. The fraction of sp³-hybridized carbons (Fsp3) is 0.462. The van der Waals surface area contributed by atoms with Crippen LogP contribution < -0.4 is 0 Å². The van der Waals surface area contributed by atoms with Gasteiger partial charge in [-0.2, -0.15) is 0 Å². The molecule has 0 bridgehead atoms. The van der Waals surface area contributed by atoms with Crippen LogP contribution in [0.5, 0.6) is 0 Å². The van der Waals surface area contributed by atoms with Crippen molar-refractivity contribution < 1.29 is 28.7 Å². The molecule has 0 nitrogen and oxygen atoms in total. The van der Waals surface area contributed by atoms with Gasteiger partial charge in [0.1, 0.15) is 0 Å². The zero-order valence-electron chi connectivity index (χ0n) is 35.3. The van der Waals surface area contributed by atoms with Crippen LogP contribution in [-0.4, -0.2) is 12.1 Å². The average Bonchev–Trinajstić information content (AvgIpc) is 3.52. The molecule has 0 N–H and O–H groups in total. The minimum atomic E-state index is -5.67. The van der Waals surface area contributed by atoms with E-state index in [-0.39, 0.29) is 13.3 Å². The number of allylic oxidation sites excluding steroid dienone is 2. The Morgan fingerprint density at radius 3 is 1.34 bits per heavy atom. The molecule has 0 radical (unpaired) electrons. The molecule has 2 fully saturated rings. The summed E-state index contributed by atoms with van der Waals surface area (Å²) in [5, 5.41) is 0. The van der Waals surface area contributed by atoms with Gasteiger partial charge in [-0.1, -0.05) is 0 Å². The summed E-state index contributed by atoms with van der Waals surface area (Å²) in [6, 6.07) is 30.9. The molecule has 2 saturated carbocycles. The third-order valence-electron chi connectivity index (χ3n) is 14.9. The summed E-state index contributed by atoms with van der Waals surface area (Å²) in [6.45, 7) is 6.39. The van der Waals surface area contributed by atoms with E-state index >= 15 is 0 Å². The Morgan fingerprint density at radius 1 is 0.576 bits per heavy atom. The van der Waals surface area contributed by atoms with Crippen molar-refractivity contribution in [2.75, 3.05) is 0 Å². The van der Waals surface area contributed by atoms with Gasteiger partial charge in [0.05, 0.1) is 0 Å². The van der Waals surface area contributed by atoms with E-state index in [2.05, 4.69) is 117 Å². The van der Waals surface area contributed by atoms with Crippen molar-refractivity contribution in [1.82, 2.24) is 0 Å². The number of rotatable bonds is 11. The van der Waals surface area contributed by atoms with Crippen LogP contribution in [0.25, 0.3) is 34.4 Å². The Labute approximate surface area is 360 Å². The van der Waals surface area contributed by atoms with Crippen LogP contribution in [0.3, 0.4) is 0 Å². The van der Waals surface area contributed by atoms with Crippen molar-refractivity contribution >= 4 is 35.1 Å². The zero-order chi connectivity index (χ0) is 41.4. The van der Waals surface area contributed by atoms with Crippen molar-refractivity contribution in [3.05, 3.63) is 129 Å². The fourth-order valence-corrected chi connectivity index (χ4v) is 51.8. The molecule has 3 unspecified atom stereocenters. The molecule has 0 amide bonds. The number of halogens is 5. The predicted molar refractivity (Wildman–Crippen MR) is 246 cm³/mol. The molecule has 8 rings (SSSR count). The van der Waals surface area contributed by atoms with E-state index in [1.165, 1.54) is 133 Å². The van der Waals surface area contributed by atoms with Gasteiger partial charge in [-0.15, -0.1) is 0 Å². The van der Waals surface area contributed by atoms with Crippen LogP contribution >= 0.6 is 17.0 Å². The van der Waals surface area contributed by atoms with Crippen LogP contribution in [0.2, 0.25) is 12.6 Å². The molecule has 0 saturated heterocycles. The first-order valence-electron chi connectivity index (χ1n) is 22.7. The van der Waals surface area contributed by atoms with E-state index in [4.69, 9.17) is 17.0 Å². The van der Waals surface area contributed by atoms with Crippen molar-refractivity contribution in [3.63, 3.8) is 0 Å². The second-order valence-corrected chi connectivity index (χ2v) is 60.4. The zero-order valence-corrected chi connectivity index (χ0v) is 40.5. The molecule has 313 valence electrons. The van der Waals surface area contributed by atoms with Crippen molar-refractivity contribution in [2.24, 2.45) is 11.8 Å². The third-order valence-corrected chi connectivity index (χ3v) is 65.1. The minimum absolute atomic E-state index is 0.0716. The van der Waals surface area contributed by atoms with Crippen molar-refractivity contribution in [2.45, 2.75) is 136 Å². The SMILES string of the molecule is Cc1ccc(-c2cccc3c2C=C(CC2CCCCCC2)[CH]3[Zr]([Cl])([Cl])([CH]2C(CC3CCCCCC3)=Cc3c(-c4ccc(C)cc4)cccc32)[SiH](C)CCC(F)(F)F)cc1. The molecule has 0 aliphatic heterocycles. The van der Waals surface area contributed by atoms with E-state index in [9.17, 15) is 13.2 Å². The van der Waals surface area contributed by atoms with Gasteiger partial charge in [0.25, 0.3) is 0 Å². The van der Waals surface area contributed by atoms with Crippen molar-refractivity contribution in [3.8, 4) is 22.3 Å². The summed E-state index contributed by atoms with van der Waals surface area (Å²) in [5.74, 6) is -1.49. The summed E-state index contributed by atoms with van der Waals surface area (Å²) >= 11 is -5.67. The van der Waals surface area contributed by atoms with E-state index < -0.39 is 34.1 Å². The Kier molecular flexibility index (Phi) is 13.2. The maximum atomic E-state index is 14.5. The third kappa shape index (κ3) is 9.03. The van der Waals surface area contributed by atoms with Gasteiger partial charge in [-0.05, 0) is 0 Å². The Morgan fingerprint density at radius 2 is 0.966 bits per heavy atom. The van der Waals surface area contributed by atoms with Crippen LogP contribution in [-0.2, 0) is 15.6 Å². The van der Waals surface area contributed by atoms with Gasteiger partial charge in [-0.25, -0.2) is 0 Å². The number of hydrogen-bond acceptors (Lipinski definition) is 0. The molecule has 3 atom stereocenters. The molecule has 4 aromatic carbocycles. The molecule has 7 heteroatoms. The maximum absolute atomic E-state index is 14.5. The first-order chi connectivity index (χ1) is 28.3. The summed E-state index contributed by atoms with van der Waals surface area (Å²) in [5.41, 5.74) is 14.4. The first-order valence-corrected chi connectivity index (χ1v) is 38.7. The summed E-state index contributed by atoms with van der Waals surface area (Å²) < 4.78 is 43.0. The summed E-state index contributed by atoms with van der Waals surface area (Å²) in [6.07, 6.45) is 16.3. The van der Waals surface area contributed by atoms with E-state index in [0.29, 0.717) is 11.8 Å². The quantitative estimate of drug-likeness (QED) is 0.104. The fourth-order valence-electron chi connectivity index (χ4n) is 11.7. The second kappa shape index (κ2) is 17.9. The van der Waals surface area contributed by atoms with Gasteiger partial charge in [-0.3, -0.25) is 0 Å². The van der Waals surface area contributed by atoms with Crippen molar-refractivity contribution in [1.29, 1.82) is 0 Å². The molecule has 0 spiro atoms. The summed E-state index contributed by atoms with van der Waals surface area (Å²) in [4.78, 5) is 0. The van der Waals surface area contributed by atoms with Gasteiger partial charge < -0.3 is 0 Å².